The van der Waals surface area contributed by atoms with Crippen LogP contribution in [-0.4, -0.2) is 36.8 Å². The van der Waals surface area contributed by atoms with E-state index in [-0.39, 0.29) is 23.5 Å². The van der Waals surface area contributed by atoms with Gasteiger partial charge in [-0.05, 0) is 57.7 Å². The normalized spacial score (nSPS) is 28.7. The average Bonchev–Trinajstić information content (AvgIpc) is 2.54. The molecule has 0 spiro atoms. The molecule has 1 aliphatic heterocycles. The first-order valence-corrected chi connectivity index (χ1v) is 9.57. The fraction of sp³-hybridized carbons (Fsp3) is 0.667. The van der Waals surface area contributed by atoms with Crippen LogP contribution in [0.25, 0.3) is 0 Å². The van der Waals surface area contributed by atoms with Gasteiger partial charge in [0.15, 0.2) is 0 Å². The first-order chi connectivity index (χ1) is 12.2. The summed E-state index contributed by atoms with van der Waals surface area (Å²) in [4.78, 5) is 14.5. The highest BCUT2D eigenvalue weighted by atomic mass is 16.6. The summed E-state index contributed by atoms with van der Waals surface area (Å²) in [6.45, 7) is 9.12. The van der Waals surface area contributed by atoms with Gasteiger partial charge in [-0.2, -0.15) is 0 Å². The van der Waals surface area contributed by atoms with E-state index < -0.39 is 5.60 Å². The fourth-order valence-electron chi connectivity index (χ4n) is 4.87. The minimum atomic E-state index is -0.480. The Balaban J connectivity index is 1.95. The van der Waals surface area contributed by atoms with Gasteiger partial charge < -0.3 is 20.1 Å². The van der Waals surface area contributed by atoms with Crippen molar-refractivity contribution in [1.82, 2.24) is 4.90 Å². The molecular formula is C21H32N2O3. The molecule has 0 radical (unpaired) electrons. The predicted octanol–water partition coefficient (Wildman–Crippen LogP) is 4.09. The minimum absolute atomic E-state index is 0.219. The van der Waals surface area contributed by atoms with E-state index in [0.29, 0.717) is 13.1 Å². The maximum absolute atomic E-state index is 12.6. The smallest absolute Gasteiger partial charge is 0.410 e. The quantitative estimate of drug-likeness (QED) is 0.807. The van der Waals surface area contributed by atoms with Crippen LogP contribution in [0, 0.1) is 18.8 Å². The maximum Gasteiger partial charge on any atom is 0.410 e. The van der Waals surface area contributed by atoms with E-state index in [4.69, 9.17) is 15.2 Å². The van der Waals surface area contributed by atoms with E-state index in [1.54, 1.807) is 7.11 Å². The minimum Gasteiger partial charge on any atom is -0.444 e. The molecule has 2 atom stereocenters. The molecule has 26 heavy (non-hydrogen) atoms. The van der Waals surface area contributed by atoms with Crippen molar-refractivity contribution in [3.8, 4) is 0 Å². The summed E-state index contributed by atoms with van der Waals surface area (Å²) in [5, 5.41) is 0. The number of fused-ring (bicyclic) bond motifs is 2. The number of rotatable bonds is 2. The van der Waals surface area contributed by atoms with Crippen molar-refractivity contribution < 1.29 is 14.3 Å². The van der Waals surface area contributed by atoms with Crippen molar-refractivity contribution in [2.45, 2.75) is 58.2 Å². The summed E-state index contributed by atoms with van der Waals surface area (Å²) in [5.41, 5.74) is 8.41. The van der Waals surface area contributed by atoms with Crippen molar-refractivity contribution in [3.63, 3.8) is 0 Å². The molecule has 144 valence electrons. The number of piperidine rings is 1. The molecule has 2 N–H and O–H groups in total. The van der Waals surface area contributed by atoms with Crippen LogP contribution in [-0.2, 0) is 15.1 Å². The lowest BCUT2D eigenvalue weighted by atomic mass is 9.61. The van der Waals surface area contributed by atoms with Crippen LogP contribution in [0.4, 0.5) is 10.5 Å². The van der Waals surface area contributed by atoms with Crippen molar-refractivity contribution in [3.05, 3.63) is 29.3 Å². The Bertz CT molecular complexity index is 666. The van der Waals surface area contributed by atoms with Crippen LogP contribution < -0.4 is 5.73 Å². The van der Waals surface area contributed by atoms with Gasteiger partial charge in [0.05, 0.1) is 0 Å². The molecule has 2 bridgehead atoms. The van der Waals surface area contributed by atoms with Gasteiger partial charge in [0, 0.05) is 37.7 Å². The van der Waals surface area contributed by atoms with Crippen LogP contribution in [0.2, 0.25) is 0 Å². The SMILES string of the molecule is COC1(c2cccc(N)c2C)C2CCCC1CN(C(=O)OC(C)(C)C)C2. The van der Waals surface area contributed by atoms with E-state index in [1.165, 1.54) is 12.0 Å². The zero-order valence-electron chi connectivity index (χ0n) is 16.7. The molecule has 1 heterocycles. The van der Waals surface area contributed by atoms with Gasteiger partial charge in [-0.3, -0.25) is 0 Å². The van der Waals surface area contributed by atoms with Crippen LogP contribution in [0.5, 0.6) is 0 Å². The largest absolute Gasteiger partial charge is 0.444 e. The van der Waals surface area contributed by atoms with Crippen molar-refractivity contribution in [2.75, 3.05) is 25.9 Å². The van der Waals surface area contributed by atoms with Crippen LogP contribution in [0.3, 0.4) is 0 Å². The van der Waals surface area contributed by atoms with E-state index in [9.17, 15) is 4.79 Å². The highest BCUT2D eigenvalue weighted by Crippen LogP contribution is 2.52. The molecular weight excluding hydrogens is 328 g/mol. The number of nitrogens with two attached hydrogens (primary N) is 1. The van der Waals surface area contributed by atoms with Gasteiger partial charge in [-0.1, -0.05) is 18.6 Å². The van der Waals surface area contributed by atoms with Gasteiger partial charge in [0.1, 0.15) is 11.2 Å². The predicted molar refractivity (Wildman–Crippen MR) is 103 cm³/mol. The van der Waals surface area contributed by atoms with Crippen LogP contribution in [0.15, 0.2) is 18.2 Å². The topological polar surface area (TPSA) is 64.8 Å². The Morgan fingerprint density at radius 2 is 1.85 bits per heavy atom. The number of nitrogens with zero attached hydrogens (tertiary/aromatic N) is 1. The Morgan fingerprint density at radius 3 is 2.38 bits per heavy atom. The van der Waals surface area contributed by atoms with E-state index in [2.05, 4.69) is 13.0 Å². The third-order valence-electron chi connectivity index (χ3n) is 5.99. The zero-order chi connectivity index (χ0) is 19.1. The molecule has 0 aromatic heterocycles. The molecule has 1 saturated carbocycles. The zero-order valence-corrected chi connectivity index (χ0v) is 16.7. The highest BCUT2D eigenvalue weighted by Gasteiger charge is 2.54. The lowest BCUT2D eigenvalue weighted by Crippen LogP contribution is -2.60. The lowest BCUT2D eigenvalue weighted by Gasteiger charge is -2.55. The summed E-state index contributed by atoms with van der Waals surface area (Å²) in [5.74, 6) is 0.487. The average molecular weight is 360 g/mol. The van der Waals surface area contributed by atoms with Crippen LogP contribution >= 0.6 is 0 Å². The summed E-state index contributed by atoms with van der Waals surface area (Å²) in [6, 6.07) is 6.09. The number of ether oxygens (including phenoxy) is 2. The number of hydrogen-bond donors (Lipinski definition) is 1. The molecule has 1 amide bonds. The summed E-state index contributed by atoms with van der Waals surface area (Å²) < 4.78 is 11.9. The number of hydrogen-bond acceptors (Lipinski definition) is 4. The number of amides is 1. The molecule has 5 heteroatoms. The van der Waals surface area contributed by atoms with Gasteiger partial charge in [0.2, 0.25) is 0 Å². The molecule has 3 rings (SSSR count). The molecule has 2 aliphatic rings. The second-order valence-electron chi connectivity index (χ2n) is 8.73. The summed E-state index contributed by atoms with van der Waals surface area (Å²) in [7, 11) is 1.80. The number of nitrogen functional groups attached to an aromatic ring is 1. The Kier molecular flexibility index (Phi) is 4.95. The maximum atomic E-state index is 12.6. The monoisotopic (exact) mass is 360 g/mol. The van der Waals surface area contributed by atoms with Crippen molar-refractivity contribution >= 4 is 11.8 Å². The molecule has 1 aromatic rings. The summed E-state index contributed by atoms with van der Waals surface area (Å²) in [6.07, 6.45) is 3.03. The molecule has 1 aliphatic carbocycles. The van der Waals surface area contributed by atoms with Crippen LogP contribution in [0.1, 0.15) is 51.2 Å². The number of anilines is 1. The number of benzene rings is 1. The molecule has 2 fully saturated rings. The second-order valence-corrected chi connectivity index (χ2v) is 8.73. The van der Waals surface area contributed by atoms with E-state index in [1.807, 2.05) is 37.8 Å². The number of carbonyl (C=O) groups is 1. The third-order valence-corrected chi connectivity index (χ3v) is 5.99. The Morgan fingerprint density at radius 1 is 1.23 bits per heavy atom. The van der Waals surface area contributed by atoms with Crippen molar-refractivity contribution in [2.24, 2.45) is 11.8 Å². The fourth-order valence-corrected chi connectivity index (χ4v) is 4.87. The van der Waals surface area contributed by atoms with Gasteiger partial charge >= 0.3 is 6.09 Å². The highest BCUT2D eigenvalue weighted by molar-refractivity contribution is 5.68. The standard InChI is InChI=1S/C21H32N2O3/c1-14-17(10-7-11-18(14)22)21(25-5)15-8-6-9-16(21)13-23(12-15)19(24)26-20(2,3)4/h7,10-11,15-16H,6,8-9,12-13,22H2,1-5H3. The molecule has 2 unspecified atom stereocenters. The first kappa shape index (κ1) is 19.0. The Hall–Kier alpha value is -1.75. The number of methoxy groups -OCH3 is 1. The van der Waals surface area contributed by atoms with Gasteiger partial charge in [-0.15, -0.1) is 0 Å². The van der Waals surface area contributed by atoms with Gasteiger partial charge in [0.25, 0.3) is 0 Å². The Labute approximate surface area is 156 Å². The van der Waals surface area contributed by atoms with E-state index >= 15 is 0 Å². The molecule has 1 saturated heterocycles. The lowest BCUT2D eigenvalue weighted by molar-refractivity contribution is -0.166. The first-order valence-electron chi connectivity index (χ1n) is 9.57. The van der Waals surface area contributed by atoms with E-state index in [0.717, 1.165) is 24.1 Å². The number of likely N-dealkylation sites (tertiary alicyclic amines) is 1. The third kappa shape index (κ3) is 3.18. The number of carbonyl (C=O) groups excluding carboxylic acids is 1. The molecule has 5 nitrogen and oxygen atoms in total. The van der Waals surface area contributed by atoms with Crippen molar-refractivity contribution in [1.29, 1.82) is 0 Å². The van der Waals surface area contributed by atoms with Gasteiger partial charge in [-0.25, -0.2) is 4.79 Å². The summed E-state index contributed by atoms with van der Waals surface area (Å²) >= 11 is 0. The second kappa shape index (κ2) is 6.76. The molecule has 1 aromatic carbocycles.